The van der Waals surface area contributed by atoms with Crippen LogP contribution in [0.5, 0.6) is 5.75 Å². The van der Waals surface area contributed by atoms with Crippen molar-refractivity contribution in [2.45, 2.75) is 38.4 Å². The monoisotopic (exact) mass is 598 g/mol. The smallest absolute Gasteiger partial charge is 0.490 e. The highest BCUT2D eigenvalue weighted by molar-refractivity contribution is 9.10. The van der Waals surface area contributed by atoms with Crippen molar-refractivity contribution >= 4 is 27.9 Å². The van der Waals surface area contributed by atoms with Crippen molar-refractivity contribution in [3.05, 3.63) is 63.5 Å². The number of aromatic nitrogens is 3. The molecule has 2 aromatic heterocycles. The van der Waals surface area contributed by atoms with Crippen LogP contribution in [0.2, 0.25) is 0 Å². The molecule has 0 bridgehead atoms. The molecule has 38 heavy (non-hydrogen) atoms. The van der Waals surface area contributed by atoms with Crippen LogP contribution < -0.4 is 10.1 Å². The molecule has 1 aliphatic carbocycles. The van der Waals surface area contributed by atoms with Gasteiger partial charge in [-0.25, -0.2) is 9.59 Å². The van der Waals surface area contributed by atoms with Gasteiger partial charge in [0, 0.05) is 30.1 Å². The van der Waals surface area contributed by atoms with Gasteiger partial charge in [0.15, 0.2) is 0 Å². The minimum Gasteiger partial charge on any atom is -0.496 e. The highest BCUT2D eigenvalue weighted by Gasteiger charge is 2.38. The lowest BCUT2D eigenvalue weighted by Gasteiger charge is -2.14. The van der Waals surface area contributed by atoms with Gasteiger partial charge in [-0.05, 0) is 84.0 Å². The van der Waals surface area contributed by atoms with Crippen LogP contribution in [0.15, 0.2) is 41.1 Å². The number of alkyl halides is 3. The lowest BCUT2D eigenvalue weighted by Crippen LogP contribution is -2.21. The minimum atomic E-state index is -5.08. The highest BCUT2D eigenvalue weighted by Crippen LogP contribution is 2.34. The first kappa shape index (κ1) is 29.1. The Morgan fingerprint density at radius 2 is 1.92 bits per heavy atom. The van der Waals surface area contributed by atoms with E-state index in [1.807, 2.05) is 18.3 Å². The maximum absolute atomic E-state index is 11.9. The predicted molar refractivity (Wildman–Crippen MR) is 135 cm³/mol. The van der Waals surface area contributed by atoms with E-state index in [1.54, 1.807) is 18.0 Å². The maximum Gasteiger partial charge on any atom is 0.490 e. The Kier molecular flexibility index (Phi) is 9.86. The molecule has 13 heteroatoms. The van der Waals surface area contributed by atoms with Crippen molar-refractivity contribution in [2.75, 3.05) is 20.2 Å². The number of nitrogens with zero attached hydrogens (tertiary/aromatic N) is 3. The Bertz CT molecular complexity index is 1300. The van der Waals surface area contributed by atoms with Crippen molar-refractivity contribution in [3.63, 3.8) is 0 Å². The molecule has 0 saturated heterocycles. The normalized spacial score (nSPS) is 12.1. The summed E-state index contributed by atoms with van der Waals surface area (Å²) in [5.41, 5.74) is 5.30. The second kappa shape index (κ2) is 12.9. The van der Waals surface area contributed by atoms with Crippen LogP contribution in [0.3, 0.4) is 0 Å². The second-order valence-electron chi connectivity index (χ2n) is 8.36. The molecule has 1 aliphatic rings. The van der Waals surface area contributed by atoms with Gasteiger partial charge < -0.3 is 20.3 Å². The molecule has 0 fully saturated rings. The van der Waals surface area contributed by atoms with E-state index in [2.05, 4.69) is 43.5 Å². The zero-order valence-electron chi connectivity index (χ0n) is 20.4. The minimum absolute atomic E-state index is 0.320. The van der Waals surface area contributed by atoms with Crippen LogP contribution >= 0.6 is 15.9 Å². The molecule has 0 radical (unpaired) electrons. The van der Waals surface area contributed by atoms with Crippen molar-refractivity contribution in [3.8, 4) is 17.0 Å². The SMILES string of the molecule is COc1ccc(CCNCCCn2nc3c(c2C(=O)O)CCc2cnccc2-3)cc1Br.O=C(O)C(F)(F)F. The van der Waals surface area contributed by atoms with Crippen LogP contribution in [0.25, 0.3) is 11.3 Å². The number of carboxylic acids is 2. The first-order chi connectivity index (χ1) is 18.0. The van der Waals surface area contributed by atoms with Gasteiger partial charge in [-0.15, -0.1) is 0 Å². The van der Waals surface area contributed by atoms with Crippen molar-refractivity contribution in [1.82, 2.24) is 20.1 Å². The van der Waals surface area contributed by atoms with E-state index >= 15 is 0 Å². The number of carbonyl (C=O) groups is 2. The molecule has 3 aromatic rings. The molecular weight excluding hydrogens is 573 g/mol. The molecule has 0 unspecified atom stereocenters. The Morgan fingerprint density at radius 3 is 2.55 bits per heavy atom. The number of methoxy groups -OCH3 is 1. The largest absolute Gasteiger partial charge is 0.496 e. The third kappa shape index (κ3) is 7.32. The number of nitrogens with one attached hydrogen (secondary N) is 1. The lowest BCUT2D eigenvalue weighted by atomic mass is 9.90. The topological polar surface area (TPSA) is 127 Å². The molecule has 0 amide bonds. The number of aliphatic carboxylic acids is 1. The van der Waals surface area contributed by atoms with Crippen molar-refractivity contribution in [1.29, 1.82) is 0 Å². The van der Waals surface area contributed by atoms with Crippen LogP contribution in [0, 0.1) is 0 Å². The van der Waals surface area contributed by atoms with Gasteiger partial charge in [0.1, 0.15) is 11.4 Å². The van der Waals surface area contributed by atoms with E-state index in [4.69, 9.17) is 14.6 Å². The number of carboxylic acid groups (broad SMARTS) is 2. The van der Waals surface area contributed by atoms with Crippen LogP contribution in [-0.2, 0) is 30.6 Å². The molecule has 1 aromatic carbocycles. The molecular formula is C25H26BrF3N4O5. The van der Waals surface area contributed by atoms with Crippen LogP contribution in [0.1, 0.15) is 33.6 Å². The maximum atomic E-state index is 11.9. The summed E-state index contributed by atoms with van der Waals surface area (Å²) in [4.78, 5) is 25.0. The number of ether oxygens (including phenoxy) is 1. The Morgan fingerprint density at radius 1 is 1.18 bits per heavy atom. The number of hydrogen-bond acceptors (Lipinski definition) is 6. The van der Waals surface area contributed by atoms with Gasteiger partial charge in [-0.3, -0.25) is 9.67 Å². The number of fused-ring (bicyclic) bond motifs is 3. The summed E-state index contributed by atoms with van der Waals surface area (Å²) < 4.78 is 39.6. The number of aryl methyl sites for hydroxylation is 2. The fourth-order valence-corrected chi connectivity index (χ4v) is 4.64. The summed E-state index contributed by atoms with van der Waals surface area (Å²) in [5.74, 6) is -2.84. The average Bonchev–Trinajstić information content (AvgIpc) is 3.25. The predicted octanol–water partition coefficient (Wildman–Crippen LogP) is 4.37. The lowest BCUT2D eigenvalue weighted by molar-refractivity contribution is -0.192. The quantitative estimate of drug-likeness (QED) is 0.310. The molecule has 4 rings (SSSR count). The number of aromatic carboxylic acids is 1. The standard InChI is InChI=1S/C23H25BrN4O3.C2HF3O2/c1-31-20-6-3-15(13-19(20)24)7-10-25-9-2-12-28-22(23(29)30)18-5-4-16-14-26-11-8-17(16)21(18)27-28;3-2(4,5)1(6)7/h3,6,8,11,13-14,25H,2,4-5,7,9-10,12H2,1H3,(H,29,30);(H,6,7). The zero-order chi connectivity index (χ0) is 27.9. The Hall–Kier alpha value is -3.45. The van der Waals surface area contributed by atoms with Gasteiger partial charge in [0.05, 0.1) is 17.3 Å². The molecule has 0 atom stereocenters. The van der Waals surface area contributed by atoms with Gasteiger partial charge in [0.25, 0.3) is 0 Å². The number of benzene rings is 1. The van der Waals surface area contributed by atoms with E-state index in [0.29, 0.717) is 18.7 Å². The number of rotatable bonds is 9. The average molecular weight is 599 g/mol. The zero-order valence-corrected chi connectivity index (χ0v) is 22.0. The molecule has 0 saturated carbocycles. The third-order valence-corrected chi connectivity index (χ3v) is 6.45. The molecule has 9 nitrogen and oxygen atoms in total. The summed E-state index contributed by atoms with van der Waals surface area (Å²) in [6.07, 6.45) is 1.69. The number of hydrogen-bond donors (Lipinski definition) is 3. The summed E-state index contributed by atoms with van der Waals surface area (Å²) in [6, 6.07) is 8.02. The molecule has 2 heterocycles. The third-order valence-electron chi connectivity index (χ3n) is 5.83. The van der Waals surface area contributed by atoms with E-state index in [9.17, 15) is 23.1 Å². The molecule has 3 N–H and O–H groups in total. The van der Waals surface area contributed by atoms with E-state index in [-0.39, 0.29) is 0 Å². The van der Waals surface area contributed by atoms with Gasteiger partial charge in [-0.1, -0.05) is 6.07 Å². The molecule has 204 valence electrons. The fourth-order valence-electron chi connectivity index (χ4n) is 4.05. The van der Waals surface area contributed by atoms with Gasteiger partial charge in [-0.2, -0.15) is 18.3 Å². The first-order valence-electron chi connectivity index (χ1n) is 11.6. The summed E-state index contributed by atoms with van der Waals surface area (Å²) in [7, 11) is 1.66. The van der Waals surface area contributed by atoms with E-state index in [1.165, 1.54) is 5.56 Å². The fraction of sp³-hybridized carbons (Fsp3) is 0.360. The van der Waals surface area contributed by atoms with E-state index in [0.717, 1.165) is 65.0 Å². The number of pyridine rings is 1. The van der Waals surface area contributed by atoms with Gasteiger partial charge >= 0.3 is 18.1 Å². The Balaban J connectivity index is 0.000000505. The van der Waals surface area contributed by atoms with Crippen molar-refractivity contribution < 1.29 is 37.7 Å². The second-order valence-corrected chi connectivity index (χ2v) is 9.22. The molecule has 0 aliphatic heterocycles. The number of halogens is 4. The summed E-state index contributed by atoms with van der Waals surface area (Å²) >= 11 is 3.51. The first-order valence-corrected chi connectivity index (χ1v) is 12.4. The van der Waals surface area contributed by atoms with Crippen LogP contribution in [-0.4, -0.2) is 63.3 Å². The summed E-state index contributed by atoms with van der Waals surface area (Å²) in [5, 5.41) is 25.0. The van der Waals surface area contributed by atoms with Crippen LogP contribution in [0.4, 0.5) is 13.2 Å². The van der Waals surface area contributed by atoms with Gasteiger partial charge in [0.2, 0.25) is 0 Å². The summed E-state index contributed by atoms with van der Waals surface area (Å²) in [6.45, 7) is 2.21. The molecule has 0 spiro atoms. The Labute approximate surface area is 224 Å². The van der Waals surface area contributed by atoms with Crippen molar-refractivity contribution in [2.24, 2.45) is 0 Å². The highest BCUT2D eigenvalue weighted by atomic mass is 79.9. The van der Waals surface area contributed by atoms with E-state index < -0.39 is 18.1 Å².